The Morgan fingerprint density at radius 1 is 1.15 bits per heavy atom. The number of carbonyl (C=O) groups excluding carboxylic acids is 5. The van der Waals surface area contributed by atoms with E-state index in [9.17, 15) is 34.2 Å². The van der Waals surface area contributed by atoms with Crippen LogP contribution in [-0.2, 0) is 32.1 Å². The second kappa shape index (κ2) is 10.4. The fourth-order valence-corrected chi connectivity index (χ4v) is 6.77. The number of nitrogens with two attached hydrogens (primary N) is 1. The van der Waals surface area contributed by atoms with Crippen molar-refractivity contribution in [2.45, 2.75) is 50.8 Å². The van der Waals surface area contributed by atoms with Gasteiger partial charge in [0.05, 0.1) is 17.5 Å². The lowest BCUT2D eigenvalue weighted by Gasteiger charge is -2.52. The Morgan fingerprint density at radius 3 is 2.38 bits per heavy atom. The summed E-state index contributed by atoms with van der Waals surface area (Å²) < 4.78 is 0. The molecule has 1 aromatic carbocycles. The van der Waals surface area contributed by atoms with Crippen LogP contribution in [0.1, 0.15) is 47.7 Å². The highest BCUT2D eigenvalue weighted by Gasteiger charge is 2.69. The molecule has 11 nitrogen and oxygen atoms in total. The van der Waals surface area contributed by atoms with Gasteiger partial charge in [-0.3, -0.25) is 28.9 Å². The van der Waals surface area contributed by atoms with Crippen LogP contribution in [0, 0.1) is 23.7 Å². The summed E-state index contributed by atoms with van der Waals surface area (Å²) in [6.07, 6.45) is 2.20. The number of phenols is 1. The summed E-state index contributed by atoms with van der Waals surface area (Å²) in [6.45, 7) is 3.10. The van der Waals surface area contributed by atoms with Crippen molar-refractivity contribution in [2.75, 3.05) is 39.6 Å². The lowest BCUT2D eigenvalue weighted by Crippen LogP contribution is -2.74. The normalized spacial score (nSPS) is 30.2. The summed E-state index contributed by atoms with van der Waals surface area (Å²) in [5.74, 6) is -10.3. The topological polar surface area (TPSA) is 170 Å². The molecular weight excluding hydrogens is 504 g/mol. The van der Waals surface area contributed by atoms with Crippen molar-refractivity contribution in [1.82, 2.24) is 10.2 Å². The highest BCUT2D eigenvalue weighted by atomic mass is 16.3. The summed E-state index contributed by atoms with van der Waals surface area (Å²) in [7, 11) is 6.78. The van der Waals surface area contributed by atoms with Gasteiger partial charge in [0.1, 0.15) is 5.75 Å². The molecular formula is C28H38N4O7. The molecule has 212 valence electrons. The molecule has 0 saturated heterocycles. The number of primary amides is 1. The molecule has 4 rings (SSSR count). The molecule has 2 fully saturated rings. The first-order valence-electron chi connectivity index (χ1n) is 13.4. The van der Waals surface area contributed by atoms with Crippen LogP contribution in [0.4, 0.5) is 5.69 Å². The van der Waals surface area contributed by atoms with E-state index in [1.165, 1.54) is 4.90 Å². The number of unbranched alkanes of at least 4 members (excludes halogenated alkanes) is 1. The van der Waals surface area contributed by atoms with Crippen molar-refractivity contribution in [2.24, 2.45) is 29.4 Å². The van der Waals surface area contributed by atoms with Crippen LogP contribution < -0.4 is 16.0 Å². The molecule has 2 unspecified atom stereocenters. The third-order valence-corrected chi connectivity index (χ3v) is 8.62. The van der Waals surface area contributed by atoms with Crippen LogP contribution in [0.3, 0.4) is 0 Å². The zero-order valence-electron chi connectivity index (χ0n) is 23.1. The molecule has 0 aromatic heterocycles. The van der Waals surface area contributed by atoms with E-state index in [1.54, 1.807) is 14.1 Å². The number of aromatic hydroxyl groups is 1. The van der Waals surface area contributed by atoms with Crippen molar-refractivity contribution in [3.63, 3.8) is 0 Å². The van der Waals surface area contributed by atoms with Gasteiger partial charge in [0.25, 0.3) is 0 Å². The van der Waals surface area contributed by atoms with Crippen LogP contribution in [0.25, 0.3) is 0 Å². The Bertz CT molecular complexity index is 1240. The van der Waals surface area contributed by atoms with Gasteiger partial charge in [0.2, 0.25) is 5.91 Å². The number of phenolic OH excluding ortho intramolecular Hbond substituents is 1. The number of aliphatic hydroxyl groups is 1. The third-order valence-electron chi connectivity index (χ3n) is 8.62. The number of nitrogens with zero attached hydrogens (tertiary/aromatic N) is 2. The van der Waals surface area contributed by atoms with Crippen LogP contribution >= 0.6 is 0 Å². The van der Waals surface area contributed by atoms with E-state index in [0.717, 1.165) is 25.1 Å². The summed E-state index contributed by atoms with van der Waals surface area (Å²) >= 11 is 0. The van der Waals surface area contributed by atoms with Crippen LogP contribution in [-0.4, -0.2) is 90.5 Å². The Hall–Kier alpha value is -3.15. The largest absolute Gasteiger partial charge is 0.507 e. The number of carbonyl (C=O) groups is 5. The number of anilines is 1. The van der Waals surface area contributed by atoms with E-state index in [4.69, 9.17) is 5.73 Å². The average molecular weight is 543 g/mol. The molecule has 1 aromatic rings. The summed E-state index contributed by atoms with van der Waals surface area (Å²) in [5, 5.41) is 26.2. The fourth-order valence-electron chi connectivity index (χ4n) is 6.77. The number of Topliss-reactive ketones (excluding diaryl/α,β-unsaturated/α-hetero) is 4. The molecule has 0 spiro atoms. The summed E-state index contributed by atoms with van der Waals surface area (Å²) in [4.78, 5) is 70.0. The molecule has 3 aliphatic carbocycles. The Kier molecular flexibility index (Phi) is 7.72. The van der Waals surface area contributed by atoms with E-state index >= 15 is 0 Å². The maximum Gasteiger partial charge on any atom is 0.235 e. The molecule has 0 bridgehead atoms. The predicted molar refractivity (Wildman–Crippen MR) is 142 cm³/mol. The maximum absolute atomic E-state index is 14.0. The Morgan fingerprint density at radius 2 is 1.82 bits per heavy atom. The highest BCUT2D eigenvalue weighted by molar-refractivity contribution is 6.32. The highest BCUT2D eigenvalue weighted by Crippen LogP contribution is 2.52. The number of nitrogens with one attached hydrogen (secondary N) is 1. The van der Waals surface area contributed by atoms with Crippen molar-refractivity contribution in [3.8, 4) is 5.75 Å². The average Bonchev–Trinajstić information content (AvgIpc) is 2.84. The van der Waals surface area contributed by atoms with Gasteiger partial charge >= 0.3 is 0 Å². The van der Waals surface area contributed by atoms with E-state index < -0.39 is 64.4 Å². The number of fused-ring (bicyclic) bond motifs is 3. The molecule has 3 aliphatic rings. The van der Waals surface area contributed by atoms with E-state index in [1.807, 2.05) is 25.1 Å². The van der Waals surface area contributed by atoms with Crippen molar-refractivity contribution in [1.29, 1.82) is 0 Å². The zero-order valence-corrected chi connectivity index (χ0v) is 23.1. The van der Waals surface area contributed by atoms with Crippen molar-refractivity contribution >= 4 is 34.7 Å². The first-order chi connectivity index (χ1) is 18.3. The second-order valence-electron chi connectivity index (χ2n) is 11.5. The fraction of sp³-hybridized carbons (Fsp3) is 0.607. The summed E-state index contributed by atoms with van der Waals surface area (Å²) in [6, 6.07) is 0.708. The van der Waals surface area contributed by atoms with Gasteiger partial charge in [-0.1, -0.05) is 13.3 Å². The Labute approximate surface area is 227 Å². The van der Waals surface area contributed by atoms with Gasteiger partial charge in [0, 0.05) is 37.8 Å². The van der Waals surface area contributed by atoms with Crippen LogP contribution in [0.2, 0.25) is 0 Å². The molecule has 0 heterocycles. The number of hydrogen-bond acceptors (Lipinski definition) is 10. The van der Waals surface area contributed by atoms with E-state index in [2.05, 4.69) is 12.2 Å². The van der Waals surface area contributed by atoms with Gasteiger partial charge in [-0.05, 0) is 57.5 Å². The monoisotopic (exact) mass is 542 g/mol. The number of likely N-dealkylation sites (N-methyl/N-ethyl adjacent to an activating group) is 1. The van der Waals surface area contributed by atoms with Gasteiger partial charge in [0.15, 0.2) is 34.7 Å². The van der Waals surface area contributed by atoms with E-state index in [-0.39, 0.29) is 24.2 Å². The zero-order chi connectivity index (χ0) is 29.0. The molecule has 6 atom stereocenters. The van der Waals surface area contributed by atoms with Gasteiger partial charge < -0.3 is 26.2 Å². The molecule has 1 amide bonds. The van der Waals surface area contributed by atoms with Crippen LogP contribution in [0.5, 0.6) is 5.75 Å². The van der Waals surface area contributed by atoms with Crippen molar-refractivity contribution in [3.05, 3.63) is 22.8 Å². The Balaban J connectivity index is 1.83. The molecule has 39 heavy (non-hydrogen) atoms. The van der Waals surface area contributed by atoms with E-state index in [0.29, 0.717) is 17.7 Å². The molecule has 5 N–H and O–H groups in total. The number of amides is 1. The maximum atomic E-state index is 14.0. The lowest BCUT2D eigenvalue weighted by molar-refractivity contribution is -0.181. The SMILES string of the molecule is CCCCNCc1cc(N(C)C)c2c(c1O)C(=O)C1C(=O)[C@]3(O)C(=O)C(C(N)=O)C(=O)[C@H](N(C)C)[C@@H]3C[C@@H]1C2. The van der Waals surface area contributed by atoms with Gasteiger partial charge in [-0.25, -0.2) is 0 Å². The van der Waals surface area contributed by atoms with Gasteiger partial charge in [-0.2, -0.15) is 0 Å². The molecule has 0 aliphatic heterocycles. The predicted octanol–water partition coefficient (Wildman–Crippen LogP) is -0.177. The number of benzene rings is 1. The number of hydrogen-bond donors (Lipinski definition) is 4. The lowest BCUT2D eigenvalue weighted by atomic mass is 9.52. The molecule has 11 heteroatoms. The summed E-state index contributed by atoms with van der Waals surface area (Å²) in [5.41, 5.74) is 4.47. The minimum absolute atomic E-state index is 0.0140. The molecule has 2 saturated carbocycles. The van der Waals surface area contributed by atoms with Crippen molar-refractivity contribution < 1.29 is 34.2 Å². The minimum atomic E-state index is -2.73. The standard InChI is InChI=1S/C28H38N4O7/c1-6-7-8-30-12-14-11-17(31(2)3)15-9-13-10-16-21(32(4)5)24(35)20(27(29)38)26(37)28(16,39)25(36)18(13)23(34)19(15)22(14)33/h11,13,16,18,20-21,30,33,39H,6-10,12H2,1-5H3,(H2,29,38)/t13-,16-,18?,20?,21+,28-/m0/s1. The first kappa shape index (κ1) is 28.8. The quantitative estimate of drug-likeness (QED) is 0.255. The number of rotatable bonds is 8. The van der Waals surface area contributed by atoms with Gasteiger partial charge in [-0.15, -0.1) is 0 Å². The number of ketones is 4. The smallest absolute Gasteiger partial charge is 0.235 e. The third kappa shape index (κ3) is 4.36. The van der Waals surface area contributed by atoms with Crippen LogP contribution in [0.15, 0.2) is 6.07 Å². The molecule has 0 radical (unpaired) electrons. The first-order valence-corrected chi connectivity index (χ1v) is 13.4. The second-order valence-corrected chi connectivity index (χ2v) is 11.5. The minimum Gasteiger partial charge on any atom is -0.507 e.